The Morgan fingerprint density at radius 3 is 2.52 bits per heavy atom. The number of likely N-dealkylation sites (tertiary alicyclic amines) is 1. The molecule has 2 rings (SSSR count). The second-order valence-electron chi connectivity index (χ2n) is 7.30. The van der Waals surface area contributed by atoms with Gasteiger partial charge in [-0.15, -0.1) is 23.2 Å². The van der Waals surface area contributed by atoms with Crippen LogP contribution in [0.3, 0.4) is 0 Å². The molecule has 0 aromatic carbocycles. The summed E-state index contributed by atoms with van der Waals surface area (Å²) in [6.45, 7) is 5.50. The van der Waals surface area contributed by atoms with Gasteiger partial charge in [0.25, 0.3) is 0 Å². The van der Waals surface area contributed by atoms with E-state index in [4.69, 9.17) is 23.2 Å². The highest BCUT2D eigenvalue weighted by Crippen LogP contribution is 2.36. The molecule has 2 fully saturated rings. The summed E-state index contributed by atoms with van der Waals surface area (Å²) in [4.78, 5) is 27.9. The lowest BCUT2D eigenvalue weighted by Crippen LogP contribution is -2.63. The number of ketones is 1. The first kappa shape index (κ1) is 22.8. The first-order valence-electron chi connectivity index (χ1n) is 9.63. The number of piperidine rings is 1. The lowest BCUT2D eigenvalue weighted by molar-refractivity contribution is -0.311. The fraction of sp³-hybridized carbons (Fsp3) is 0.889. The topological polar surface area (TPSA) is 75.7 Å². The predicted octanol–water partition coefficient (Wildman–Crippen LogP) is 0.112. The first-order valence-corrected chi connectivity index (χ1v) is 10.7. The number of nitrogens with zero attached hydrogens (tertiary/aromatic N) is 2. The Bertz CT molecular complexity index is 508. The van der Waals surface area contributed by atoms with Crippen LogP contribution in [-0.4, -0.2) is 90.8 Å². The van der Waals surface area contributed by atoms with Gasteiger partial charge in [0.2, 0.25) is 0 Å². The van der Waals surface area contributed by atoms with E-state index >= 15 is 0 Å². The Kier molecular flexibility index (Phi) is 9.22. The largest absolute Gasteiger partial charge is 0.549 e. The molecule has 1 aliphatic heterocycles. The fourth-order valence-corrected chi connectivity index (χ4v) is 4.79. The van der Waals surface area contributed by atoms with Gasteiger partial charge in [-0.2, -0.15) is 0 Å². The van der Waals surface area contributed by atoms with Gasteiger partial charge < -0.3 is 15.2 Å². The van der Waals surface area contributed by atoms with Gasteiger partial charge in [-0.3, -0.25) is 14.6 Å². The number of alkyl halides is 3. The van der Waals surface area contributed by atoms with Crippen molar-refractivity contribution in [1.29, 1.82) is 0 Å². The maximum absolute atomic E-state index is 14.7. The third-order valence-electron chi connectivity index (χ3n) is 5.80. The molecule has 0 radical (unpaired) electrons. The number of hydrogen-bond acceptors (Lipinski definition) is 6. The van der Waals surface area contributed by atoms with Crippen molar-refractivity contribution in [2.45, 2.75) is 38.0 Å². The van der Waals surface area contributed by atoms with Crippen LogP contribution in [0, 0.1) is 11.8 Å². The maximum Gasteiger partial charge on any atom is 0.147 e. The molecule has 0 spiro atoms. The van der Waals surface area contributed by atoms with Gasteiger partial charge in [0.1, 0.15) is 12.0 Å². The first-order chi connectivity index (χ1) is 12.9. The summed E-state index contributed by atoms with van der Waals surface area (Å²) in [7, 11) is 0. The highest BCUT2D eigenvalue weighted by molar-refractivity contribution is 6.18. The van der Waals surface area contributed by atoms with Crippen molar-refractivity contribution in [2.75, 3.05) is 51.0 Å². The number of aliphatic carboxylic acids is 1. The monoisotopic (exact) mass is 424 g/mol. The average Bonchev–Trinajstić information content (AvgIpc) is 2.63. The summed E-state index contributed by atoms with van der Waals surface area (Å²) in [5.74, 6) is -2.42. The van der Waals surface area contributed by atoms with E-state index in [0.717, 1.165) is 19.6 Å². The molecule has 0 bridgehead atoms. The Morgan fingerprint density at radius 2 is 1.96 bits per heavy atom. The fourth-order valence-electron chi connectivity index (χ4n) is 4.31. The van der Waals surface area contributed by atoms with Crippen LogP contribution in [0.15, 0.2) is 0 Å². The van der Waals surface area contributed by atoms with Crippen molar-refractivity contribution in [3.63, 3.8) is 0 Å². The molecule has 27 heavy (non-hydrogen) atoms. The minimum atomic E-state index is -1.36. The number of carbonyl (C=O) groups is 2. The molecule has 1 saturated heterocycles. The van der Waals surface area contributed by atoms with Crippen LogP contribution >= 0.6 is 23.2 Å². The molecule has 0 amide bonds. The van der Waals surface area contributed by atoms with Crippen LogP contribution in [0.5, 0.6) is 0 Å². The normalized spacial score (nSPS) is 31.9. The van der Waals surface area contributed by atoms with Gasteiger partial charge >= 0.3 is 0 Å². The summed E-state index contributed by atoms with van der Waals surface area (Å²) in [6.07, 6.45) is -0.617. The zero-order valence-electron chi connectivity index (χ0n) is 15.7. The van der Waals surface area contributed by atoms with E-state index in [2.05, 4.69) is 10.2 Å². The maximum atomic E-state index is 14.7. The number of fused-ring (bicyclic) bond motifs is 1. The number of hydrogen-bond donors (Lipinski definition) is 1. The van der Waals surface area contributed by atoms with E-state index in [1.165, 1.54) is 0 Å². The Labute approximate surface area is 170 Å². The lowest BCUT2D eigenvalue weighted by Gasteiger charge is -2.48. The second kappa shape index (κ2) is 10.9. The molecular weight excluding hydrogens is 396 g/mol. The van der Waals surface area contributed by atoms with E-state index < -0.39 is 24.0 Å². The van der Waals surface area contributed by atoms with Crippen LogP contribution in [0.2, 0.25) is 0 Å². The van der Waals surface area contributed by atoms with Gasteiger partial charge in [-0.05, 0) is 19.4 Å². The highest BCUT2D eigenvalue weighted by Gasteiger charge is 2.48. The van der Waals surface area contributed by atoms with Crippen molar-refractivity contribution in [3.8, 4) is 0 Å². The molecule has 1 aliphatic carbocycles. The Morgan fingerprint density at radius 1 is 1.30 bits per heavy atom. The number of rotatable bonds is 10. The van der Waals surface area contributed by atoms with E-state index in [1.54, 1.807) is 0 Å². The third-order valence-corrected chi connectivity index (χ3v) is 6.14. The van der Waals surface area contributed by atoms with Gasteiger partial charge in [-0.25, -0.2) is 4.39 Å². The quantitative estimate of drug-likeness (QED) is 0.396. The minimum absolute atomic E-state index is 0.0640. The summed E-state index contributed by atoms with van der Waals surface area (Å²) in [5, 5.41) is 14.5. The van der Waals surface area contributed by atoms with Crippen molar-refractivity contribution < 1.29 is 19.1 Å². The Balaban J connectivity index is 1.95. The van der Waals surface area contributed by atoms with Crippen LogP contribution in [0.4, 0.5) is 4.39 Å². The molecule has 2 aliphatic rings. The molecular formula is C18H29Cl2FN3O3-. The summed E-state index contributed by atoms with van der Waals surface area (Å²) in [5.41, 5.74) is 0. The van der Waals surface area contributed by atoms with Gasteiger partial charge in [-0.1, -0.05) is 6.92 Å². The second-order valence-corrected chi connectivity index (χ2v) is 8.06. The number of carboxylic acid groups (broad SMARTS) is 1. The molecule has 1 heterocycles. The van der Waals surface area contributed by atoms with Crippen molar-refractivity contribution in [2.24, 2.45) is 11.8 Å². The molecule has 9 heteroatoms. The zero-order chi connectivity index (χ0) is 20.0. The molecule has 0 aromatic heterocycles. The predicted molar refractivity (Wildman–Crippen MR) is 102 cm³/mol. The molecule has 5 unspecified atom stereocenters. The van der Waals surface area contributed by atoms with Crippen LogP contribution < -0.4 is 10.4 Å². The number of carboxylic acids is 1. The summed E-state index contributed by atoms with van der Waals surface area (Å²) in [6, 6.07) is -0.467. The van der Waals surface area contributed by atoms with E-state index in [-0.39, 0.29) is 30.8 Å². The smallest absolute Gasteiger partial charge is 0.147 e. The number of halogens is 3. The Hall–Kier alpha value is -0.470. The van der Waals surface area contributed by atoms with Gasteiger partial charge in [0.15, 0.2) is 0 Å². The van der Waals surface area contributed by atoms with E-state index in [0.29, 0.717) is 31.3 Å². The average molecular weight is 425 g/mol. The zero-order valence-corrected chi connectivity index (χ0v) is 17.2. The van der Waals surface area contributed by atoms with E-state index in [1.807, 2.05) is 11.8 Å². The summed E-state index contributed by atoms with van der Waals surface area (Å²) >= 11 is 11.6. The molecule has 5 atom stereocenters. The van der Waals surface area contributed by atoms with Crippen molar-refractivity contribution in [1.82, 2.24) is 15.1 Å². The van der Waals surface area contributed by atoms with Gasteiger partial charge in [0.05, 0.1) is 11.9 Å². The standard InChI is InChI=1S/C18H30Cl2FN3O3/c1-2-24-11-13(18(26)27)17(25)12-9-14(21)15(10-16(12)24)22-5-8-23(6-3-19)7-4-20/h12-16,22H,2-11H2,1H3,(H,26,27)/p-1. The number of nitrogens with one attached hydrogen (secondary N) is 1. The molecule has 1 saturated carbocycles. The van der Waals surface area contributed by atoms with Gasteiger partial charge in [0, 0.05) is 62.5 Å². The summed E-state index contributed by atoms with van der Waals surface area (Å²) < 4.78 is 14.7. The van der Waals surface area contributed by atoms with Crippen LogP contribution in [0.25, 0.3) is 0 Å². The number of Topliss-reactive ketones (excluding diaryl/α,β-unsaturated/α-hetero) is 1. The highest BCUT2D eigenvalue weighted by atomic mass is 35.5. The van der Waals surface area contributed by atoms with Crippen LogP contribution in [0.1, 0.15) is 19.8 Å². The van der Waals surface area contributed by atoms with Crippen LogP contribution in [-0.2, 0) is 9.59 Å². The van der Waals surface area contributed by atoms with Crippen molar-refractivity contribution in [3.05, 3.63) is 0 Å². The molecule has 156 valence electrons. The minimum Gasteiger partial charge on any atom is -0.549 e. The number of carbonyl (C=O) groups excluding carboxylic acids is 2. The lowest BCUT2D eigenvalue weighted by atomic mass is 9.71. The van der Waals surface area contributed by atoms with E-state index in [9.17, 15) is 19.1 Å². The molecule has 0 aromatic rings. The SMILES string of the molecule is CCN1CC(C(=O)[O-])C(=O)C2CC(F)C(NCCN(CCCl)CCCl)CC21. The molecule has 1 N–H and O–H groups in total. The van der Waals surface area contributed by atoms with Crippen molar-refractivity contribution >= 4 is 35.0 Å². The molecule has 6 nitrogen and oxygen atoms in total. The third kappa shape index (κ3) is 5.76.